The quantitative estimate of drug-likeness (QED) is 0.681. The summed E-state index contributed by atoms with van der Waals surface area (Å²) in [5.74, 6) is 1.29. The first-order valence-corrected chi connectivity index (χ1v) is 8.00. The van der Waals surface area contributed by atoms with Crippen LogP contribution >= 0.6 is 11.6 Å². The van der Waals surface area contributed by atoms with Crippen LogP contribution in [0.5, 0.6) is 5.75 Å². The fourth-order valence-electron chi connectivity index (χ4n) is 2.89. The number of aromatic nitrogens is 3. The van der Waals surface area contributed by atoms with Gasteiger partial charge in [0.25, 0.3) is 5.91 Å². The number of ether oxygens (including phenoxy) is 1. The Kier molecular flexibility index (Phi) is 3.42. The summed E-state index contributed by atoms with van der Waals surface area (Å²) in [5, 5.41) is 8.62. The van der Waals surface area contributed by atoms with E-state index in [4.69, 9.17) is 16.3 Å². The van der Waals surface area contributed by atoms with Gasteiger partial charge in [0.15, 0.2) is 5.65 Å². The Labute approximate surface area is 143 Å². The minimum absolute atomic E-state index is 0.0944. The molecule has 0 aliphatic carbocycles. The molecular formula is C17H15ClN4O2. The molecule has 3 heterocycles. The van der Waals surface area contributed by atoms with E-state index in [0.717, 1.165) is 5.82 Å². The summed E-state index contributed by atoms with van der Waals surface area (Å²) in [6.07, 6.45) is 1.67. The summed E-state index contributed by atoms with van der Waals surface area (Å²) in [5.41, 5.74) is 1.96. The number of carbonyl (C=O) groups is 1. The summed E-state index contributed by atoms with van der Waals surface area (Å²) in [4.78, 5) is 14.8. The number of fused-ring (bicyclic) bond motifs is 2. The number of halogens is 1. The third-order valence-corrected chi connectivity index (χ3v) is 4.28. The third-order valence-electron chi connectivity index (χ3n) is 4.04. The van der Waals surface area contributed by atoms with Crippen LogP contribution in [-0.2, 0) is 0 Å². The van der Waals surface area contributed by atoms with Crippen molar-refractivity contribution >= 4 is 28.8 Å². The van der Waals surface area contributed by atoms with Crippen LogP contribution in [0.2, 0.25) is 5.02 Å². The second-order valence-electron chi connectivity index (χ2n) is 5.85. The molecule has 1 atom stereocenters. The van der Waals surface area contributed by atoms with Crippen molar-refractivity contribution in [3.8, 4) is 5.75 Å². The maximum atomic E-state index is 13.1. The standard InChI is InChI=1S/C17H15ClN4O2/c1-10-8-22(14-7-13(18)4-5-15(14)24-10)17(23)12-3-6-16-20-19-11(2)21(16)9-12/h3-7,9-10H,8H2,1-2H3/t10-/m1/s1. The first-order chi connectivity index (χ1) is 11.5. The topological polar surface area (TPSA) is 59.7 Å². The lowest BCUT2D eigenvalue weighted by Gasteiger charge is -2.33. The minimum Gasteiger partial charge on any atom is -0.487 e. The third kappa shape index (κ3) is 2.39. The first kappa shape index (κ1) is 15.0. The molecule has 0 saturated heterocycles. The highest BCUT2D eigenvalue weighted by Gasteiger charge is 2.29. The van der Waals surface area contributed by atoms with Crippen molar-refractivity contribution in [2.75, 3.05) is 11.4 Å². The molecule has 4 rings (SSSR count). The molecule has 0 bridgehead atoms. The van der Waals surface area contributed by atoms with Crippen LogP contribution in [0, 0.1) is 6.92 Å². The van der Waals surface area contributed by atoms with Crippen LogP contribution in [-0.4, -0.2) is 33.2 Å². The van der Waals surface area contributed by atoms with Gasteiger partial charge < -0.3 is 9.64 Å². The van der Waals surface area contributed by atoms with Gasteiger partial charge in [0.2, 0.25) is 0 Å². The number of aryl methyl sites for hydroxylation is 1. The highest BCUT2D eigenvalue weighted by atomic mass is 35.5. The van der Waals surface area contributed by atoms with Crippen molar-refractivity contribution in [3.63, 3.8) is 0 Å². The van der Waals surface area contributed by atoms with E-state index in [9.17, 15) is 4.79 Å². The Morgan fingerprint density at radius 1 is 1.29 bits per heavy atom. The number of benzene rings is 1. The summed E-state index contributed by atoms with van der Waals surface area (Å²) < 4.78 is 7.60. The van der Waals surface area contributed by atoms with Crippen LogP contribution < -0.4 is 9.64 Å². The Morgan fingerprint density at radius 2 is 2.12 bits per heavy atom. The second kappa shape index (κ2) is 5.49. The number of hydrogen-bond donors (Lipinski definition) is 0. The van der Waals surface area contributed by atoms with Gasteiger partial charge in [0, 0.05) is 11.2 Å². The molecule has 1 aromatic carbocycles. The number of rotatable bonds is 1. The zero-order valence-corrected chi connectivity index (χ0v) is 14.0. The number of pyridine rings is 1. The maximum absolute atomic E-state index is 13.1. The molecule has 122 valence electrons. The zero-order valence-electron chi connectivity index (χ0n) is 13.2. The highest BCUT2D eigenvalue weighted by Crippen LogP contribution is 2.36. The normalized spacial score (nSPS) is 16.8. The number of carbonyl (C=O) groups excluding carboxylic acids is 1. The van der Waals surface area contributed by atoms with Gasteiger partial charge in [0.05, 0.1) is 17.8 Å². The molecule has 3 aromatic rings. The lowest BCUT2D eigenvalue weighted by Crippen LogP contribution is -2.42. The van der Waals surface area contributed by atoms with E-state index in [1.807, 2.05) is 13.8 Å². The summed E-state index contributed by atoms with van der Waals surface area (Å²) in [7, 11) is 0. The summed E-state index contributed by atoms with van der Waals surface area (Å²) >= 11 is 6.10. The number of amides is 1. The Hall–Kier alpha value is -2.60. The zero-order chi connectivity index (χ0) is 16.8. The van der Waals surface area contributed by atoms with Gasteiger partial charge in [-0.2, -0.15) is 0 Å². The molecule has 6 nitrogen and oxygen atoms in total. The van der Waals surface area contributed by atoms with E-state index >= 15 is 0 Å². The van der Waals surface area contributed by atoms with Crippen LogP contribution in [0.4, 0.5) is 5.69 Å². The van der Waals surface area contributed by atoms with E-state index in [1.165, 1.54) is 0 Å². The van der Waals surface area contributed by atoms with Gasteiger partial charge in [-0.3, -0.25) is 9.20 Å². The van der Waals surface area contributed by atoms with Gasteiger partial charge in [0.1, 0.15) is 17.7 Å². The van der Waals surface area contributed by atoms with E-state index in [2.05, 4.69) is 10.2 Å². The molecule has 0 radical (unpaired) electrons. The van der Waals surface area contributed by atoms with Crippen LogP contribution in [0.15, 0.2) is 36.5 Å². The van der Waals surface area contributed by atoms with Gasteiger partial charge in [-0.1, -0.05) is 11.6 Å². The molecule has 24 heavy (non-hydrogen) atoms. The van der Waals surface area contributed by atoms with E-state index < -0.39 is 0 Å². The predicted octanol–water partition coefficient (Wildman–Crippen LogP) is 3.12. The van der Waals surface area contributed by atoms with E-state index in [-0.39, 0.29) is 12.0 Å². The fraction of sp³-hybridized carbons (Fsp3) is 0.235. The monoisotopic (exact) mass is 342 g/mol. The van der Waals surface area contributed by atoms with Crippen LogP contribution in [0.25, 0.3) is 5.65 Å². The maximum Gasteiger partial charge on any atom is 0.260 e. The van der Waals surface area contributed by atoms with E-state index in [0.29, 0.717) is 34.2 Å². The average Bonchev–Trinajstić information content (AvgIpc) is 2.94. The van der Waals surface area contributed by atoms with Crippen molar-refractivity contribution in [2.45, 2.75) is 20.0 Å². The van der Waals surface area contributed by atoms with E-state index in [1.54, 1.807) is 45.8 Å². The van der Waals surface area contributed by atoms with Crippen molar-refractivity contribution in [1.82, 2.24) is 14.6 Å². The Morgan fingerprint density at radius 3 is 2.96 bits per heavy atom. The largest absolute Gasteiger partial charge is 0.487 e. The summed E-state index contributed by atoms with van der Waals surface area (Å²) in [6, 6.07) is 8.85. The van der Waals surface area contributed by atoms with Gasteiger partial charge >= 0.3 is 0 Å². The fourth-order valence-corrected chi connectivity index (χ4v) is 3.06. The molecule has 1 aliphatic heterocycles. The predicted molar refractivity (Wildman–Crippen MR) is 90.9 cm³/mol. The lowest BCUT2D eigenvalue weighted by atomic mass is 10.1. The lowest BCUT2D eigenvalue weighted by molar-refractivity contribution is 0.0960. The van der Waals surface area contributed by atoms with Crippen molar-refractivity contribution in [2.24, 2.45) is 0 Å². The van der Waals surface area contributed by atoms with Crippen molar-refractivity contribution in [1.29, 1.82) is 0 Å². The van der Waals surface area contributed by atoms with Gasteiger partial charge in [-0.15, -0.1) is 10.2 Å². The first-order valence-electron chi connectivity index (χ1n) is 7.62. The molecule has 1 amide bonds. The molecule has 2 aromatic heterocycles. The van der Waals surface area contributed by atoms with Crippen molar-refractivity contribution in [3.05, 3.63) is 52.9 Å². The molecule has 0 fully saturated rings. The van der Waals surface area contributed by atoms with Crippen LogP contribution in [0.1, 0.15) is 23.1 Å². The second-order valence-corrected chi connectivity index (χ2v) is 6.29. The Balaban J connectivity index is 1.78. The average molecular weight is 343 g/mol. The SMILES string of the molecule is Cc1nnc2ccc(C(=O)N3C[C@@H](C)Oc4ccc(Cl)cc43)cn12. The number of anilines is 1. The minimum atomic E-state index is -0.108. The summed E-state index contributed by atoms with van der Waals surface area (Å²) in [6.45, 7) is 4.25. The number of hydrogen-bond acceptors (Lipinski definition) is 4. The van der Waals surface area contributed by atoms with Gasteiger partial charge in [-0.05, 0) is 44.2 Å². The highest BCUT2D eigenvalue weighted by molar-refractivity contribution is 6.31. The molecule has 0 saturated carbocycles. The number of nitrogens with zero attached hydrogens (tertiary/aromatic N) is 4. The molecule has 0 spiro atoms. The van der Waals surface area contributed by atoms with Crippen LogP contribution in [0.3, 0.4) is 0 Å². The Bertz CT molecular complexity index is 953. The molecule has 0 N–H and O–H groups in total. The smallest absolute Gasteiger partial charge is 0.260 e. The van der Waals surface area contributed by atoms with Gasteiger partial charge in [-0.25, -0.2) is 0 Å². The molecule has 1 aliphatic rings. The molecular weight excluding hydrogens is 328 g/mol. The molecule has 0 unspecified atom stereocenters. The van der Waals surface area contributed by atoms with Crippen molar-refractivity contribution < 1.29 is 9.53 Å². The molecule has 7 heteroatoms.